The number of hydrogen-bond acceptors (Lipinski definition) is 7. The molecule has 0 saturated carbocycles. The molecule has 1 fully saturated rings. The molecular formula is C25H34N4O5. The predicted octanol–water partition coefficient (Wildman–Crippen LogP) is 2.70. The van der Waals surface area contributed by atoms with Gasteiger partial charge in [-0.15, -0.1) is 0 Å². The van der Waals surface area contributed by atoms with Gasteiger partial charge in [0, 0.05) is 56.9 Å². The van der Waals surface area contributed by atoms with Crippen LogP contribution in [0.5, 0.6) is 17.2 Å². The molecule has 4 heterocycles. The fraction of sp³-hybridized carbons (Fsp3) is 0.600. The van der Waals surface area contributed by atoms with Crippen molar-refractivity contribution in [1.29, 1.82) is 0 Å². The van der Waals surface area contributed by atoms with E-state index in [2.05, 4.69) is 23.4 Å². The Kier molecular flexibility index (Phi) is 6.65. The highest BCUT2D eigenvalue weighted by Crippen LogP contribution is 2.42. The number of carbonyl (C=O) groups is 1. The second kappa shape index (κ2) is 9.84. The van der Waals surface area contributed by atoms with Crippen molar-refractivity contribution in [3.63, 3.8) is 0 Å². The molecule has 1 aromatic heterocycles. The molecule has 0 bridgehead atoms. The normalized spacial score (nSPS) is 17.8. The van der Waals surface area contributed by atoms with Gasteiger partial charge in [0.25, 0.3) is 5.91 Å². The van der Waals surface area contributed by atoms with Crippen LogP contribution in [0.2, 0.25) is 0 Å². The van der Waals surface area contributed by atoms with Crippen molar-refractivity contribution in [2.75, 3.05) is 46.8 Å². The van der Waals surface area contributed by atoms with E-state index in [9.17, 15) is 4.79 Å². The summed E-state index contributed by atoms with van der Waals surface area (Å²) in [7, 11) is 1.64. The van der Waals surface area contributed by atoms with Gasteiger partial charge < -0.3 is 23.8 Å². The van der Waals surface area contributed by atoms with Gasteiger partial charge in [-0.3, -0.25) is 14.4 Å². The average molecular weight is 471 g/mol. The second-order valence-electron chi connectivity index (χ2n) is 9.58. The molecule has 0 radical (unpaired) electrons. The van der Waals surface area contributed by atoms with E-state index in [1.165, 1.54) is 5.69 Å². The molecule has 0 unspecified atom stereocenters. The highest BCUT2D eigenvalue weighted by atomic mass is 16.7. The largest absolute Gasteiger partial charge is 0.493 e. The molecule has 184 valence electrons. The number of nitrogens with zero attached hydrogens (tertiary/aromatic N) is 4. The highest BCUT2D eigenvalue weighted by Gasteiger charge is 2.31. The number of aryl methyl sites for hydroxylation is 1. The lowest BCUT2D eigenvalue weighted by Crippen LogP contribution is -2.41. The number of amides is 1. The third kappa shape index (κ3) is 4.59. The number of ether oxygens (including phenoxy) is 4. The van der Waals surface area contributed by atoms with Crippen LogP contribution in [0.1, 0.15) is 47.6 Å². The van der Waals surface area contributed by atoms with Crippen molar-refractivity contribution in [2.24, 2.45) is 5.92 Å². The Morgan fingerprint density at radius 2 is 2.00 bits per heavy atom. The number of fused-ring (bicyclic) bond motifs is 2. The van der Waals surface area contributed by atoms with Crippen LogP contribution in [-0.4, -0.2) is 72.2 Å². The van der Waals surface area contributed by atoms with Crippen LogP contribution in [0.15, 0.2) is 12.1 Å². The van der Waals surface area contributed by atoms with Crippen LogP contribution in [0.3, 0.4) is 0 Å². The van der Waals surface area contributed by atoms with Gasteiger partial charge >= 0.3 is 0 Å². The fourth-order valence-electron chi connectivity index (χ4n) is 4.87. The van der Waals surface area contributed by atoms with Crippen LogP contribution in [0.25, 0.3) is 0 Å². The maximum atomic E-state index is 13.4. The van der Waals surface area contributed by atoms with Crippen molar-refractivity contribution in [1.82, 2.24) is 19.6 Å². The van der Waals surface area contributed by atoms with Gasteiger partial charge in [-0.2, -0.15) is 5.10 Å². The summed E-state index contributed by atoms with van der Waals surface area (Å²) in [6.07, 6.45) is 1.92. The summed E-state index contributed by atoms with van der Waals surface area (Å²) in [5.41, 5.74) is 3.97. The number of methoxy groups -OCH3 is 1. The fourth-order valence-corrected chi connectivity index (χ4v) is 4.87. The molecule has 34 heavy (non-hydrogen) atoms. The first-order valence-electron chi connectivity index (χ1n) is 12.2. The number of benzene rings is 1. The number of morpholine rings is 1. The van der Waals surface area contributed by atoms with Gasteiger partial charge in [-0.05, 0) is 30.0 Å². The lowest BCUT2D eigenvalue weighted by atomic mass is 10.0. The van der Waals surface area contributed by atoms with E-state index in [0.717, 1.165) is 49.4 Å². The van der Waals surface area contributed by atoms with Crippen molar-refractivity contribution in [3.05, 3.63) is 34.6 Å². The molecule has 0 N–H and O–H groups in total. The minimum absolute atomic E-state index is 0.0226. The lowest BCUT2D eigenvalue weighted by Gasteiger charge is -2.29. The first-order valence-corrected chi connectivity index (χ1v) is 12.2. The Hall–Kier alpha value is -2.78. The second-order valence-corrected chi connectivity index (χ2v) is 9.58. The molecule has 5 rings (SSSR count). The average Bonchev–Trinajstić information content (AvgIpc) is 3.47. The van der Waals surface area contributed by atoms with Crippen molar-refractivity contribution in [2.45, 2.75) is 46.3 Å². The van der Waals surface area contributed by atoms with E-state index in [0.29, 0.717) is 56.0 Å². The SMILES string of the molecule is COc1cc(CN2CCc3c(c(C(=O)N4CCOCC4)nn3CCC(C)C)C2)cc2c1OCO2. The summed E-state index contributed by atoms with van der Waals surface area (Å²) in [6, 6.07) is 4.03. The molecule has 3 aliphatic heterocycles. The highest BCUT2D eigenvalue weighted by molar-refractivity contribution is 5.94. The molecule has 0 spiro atoms. The first kappa shape index (κ1) is 23.0. The zero-order valence-electron chi connectivity index (χ0n) is 20.3. The lowest BCUT2D eigenvalue weighted by molar-refractivity contribution is 0.0297. The minimum Gasteiger partial charge on any atom is -0.493 e. The Morgan fingerprint density at radius 1 is 1.18 bits per heavy atom. The molecule has 2 aromatic rings. The monoisotopic (exact) mass is 470 g/mol. The zero-order valence-corrected chi connectivity index (χ0v) is 20.3. The number of rotatable bonds is 7. The van der Waals surface area contributed by atoms with E-state index in [-0.39, 0.29) is 12.7 Å². The first-order chi connectivity index (χ1) is 16.5. The van der Waals surface area contributed by atoms with Gasteiger partial charge in [0.1, 0.15) is 0 Å². The third-order valence-electron chi connectivity index (χ3n) is 6.76. The number of carbonyl (C=O) groups excluding carboxylic acids is 1. The summed E-state index contributed by atoms with van der Waals surface area (Å²) in [5, 5.41) is 4.86. The number of aromatic nitrogens is 2. The molecule has 1 aromatic carbocycles. The van der Waals surface area contributed by atoms with Gasteiger partial charge in [0.15, 0.2) is 17.2 Å². The van der Waals surface area contributed by atoms with Crippen LogP contribution in [-0.2, 0) is 30.8 Å². The summed E-state index contributed by atoms with van der Waals surface area (Å²) >= 11 is 0. The Bertz CT molecular complexity index is 1040. The summed E-state index contributed by atoms with van der Waals surface area (Å²) in [5.74, 6) is 2.68. The van der Waals surface area contributed by atoms with Gasteiger partial charge in [0.05, 0.1) is 20.3 Å². The van der Waals surface area contributed by atoms with Crippen LogP contribution >= 0.6 is 0 Å². The zero-order chi connectivity index (χ0) is 23.7. The molecule has 0 aliphatic carbocycles. The predicted molar refractivity (Wildman–Crippen MR) is 125 cm³/mol. The molecule has 0 atom stereocenters. The summed E-state index contributed by atoms with van der Waals surface area (Å²) in [6.45, 7) is 10.2. The van der Waals surface area contributed by atoms with Gasteiger partial charge in [0.2, 0.25) is 12.5 Å². The maximum absolute atomic E-state index is 13.4. The van der Waals surface area contributed by atoms with Crippen molar-refractivity contribution < 1.29 is 23.7 Å². The summed E-state index contributed by atoms with van der Waals surface area (Å²) in [4.78, 5) is 17.7. The van der Waals surface area contributed by atoms with Crippen LogP contribution in [0, 0.1) is 5.92 Å². The Balaban J connectivity index is 1.39. The molecule has 9 nitrogen and oxygen atoms in total. The molecular weight excluding hydrogens is 436 g/mol. The van der Waals surface area contributed by atoms with E-state index >= 15 is 0 Å². The smallest absolute Gasteiger partial charge is 0.274 e. The third-order valence-corrected chi connectivity index (χ3v) is 6.76. The molecule has 3 aliphatic rings. The number of hydrogen-bond donors (Lipinski definition) is 0. The minimum atomic E-state index is 0.0226. The standard InChI is InChI=1S/C25H34N4O5/c1-17(2)4-7-29-20-5-6-27(14-18-12-21(31-3)24-22(13-18)33-16-34-24)15-19(20)23(26-29)25(30)28-8-10-32-11-9-28/h12-13,17H,4-11,14-16H2,1-3H3. The van der Waals surface area contributed by atoms with Crippen LogP contribution < -0.4 is 14.2 Å². The molecule has 9 heteroatoms. The van der Waals surface area contributed by atoms with Gasteiger partial charge in [-0.1, -0.05) is 13.8 Å². The van der Waals surface area contributed by atoms with E-state index < -0.39 is 0 Å². The molecule has 1 amide bonds. The Labute approximate surface area is 200 Å². The van der Waals surface area contributed by atoms with Crippen molar-refractivity contribution in [3.8, 4) is 17.2 Å². The maximum Gasteiger partial charge on any atom is 0.274 e. The topological polar surface area (TPSA) is 78.3 Å². The quantitative estimate of drug-likeness (QED) is 0.616. The van der Waals surface area contributed by atoms with E-state index in [1.54, 1.807) is 7.11 Å². The van der Waals surface area contributed by atoms with Crippen molar-refractivity contribution >= 4 is 5.91 Å². The summed E-state index contributed by atoms with van der Waals surface area (Å²) < 4.78 is 24.2. The van der Waals surface area contributed by atoms with E-state index in [1.807, 2.05) is 17.0 Å². The molecule has 1 saturated heterocycles. The Morgan fingerprint density at radius 3 is 2.76 bits per heavy atom. The van der Waals surface area contributed by atoms with Crippen LogP contribution in [0.4, 0.5) is 0 Å². The van der Waals surface area contributed by atoms with Gasteiger partial charge in [-0.25, -0.2) is 0 Å². The van der Waals surface area contributed by atoms with E-state index in [4.69, 9.17) is 24.0 Å².